The topological polar surface area (TPSA) is 84.0 Å². The molecule has 0 fully saturated rings. The van der Waals surface area contributed by atoms with Gasteiger partial charge in [0.05, 0.1) is 11.7 Å². The molecule has 0 radical (unpaired) electrons. The molecule has 2 N–H and O–H groups in total. The van der Waals surface area contributed by atoms with Crippen LogP contribution in [0.1, 0.15) is 20.3 Å². The van der Waals surface area contributed by atoms with Crippen LogP contribution in [0.5, 0.6) is 0 Å². The van der Waals surface area contributed by atoms with Crippen LogP contribution in [0.25, 0.3) is 11.0 Å². The fourth-order valence-corrected chi connectivity index (χ4v) is 3.60. The number of fused-ring (bicyclic) bond motifs is 1. The van der Waals surface area contributed by atoms with Gasteiger partial charge in [0, 0.05) is 12.6 Å². The lowest BCUT2D eigenvalue weighted by atomic mass is 10.3. The molecule has 0 saturated heterocycles. The number of nitrogens with one attached hydrogen (secondary N) is 2. The molecule has 0 atom stereocenters. The molecule has 0 saturated carbocycles. The monoisotopic (exact) mass is 314 g/mol. The zero-order valence-electron chi connectivity index (χ0n) is 11.5. The average Bonchev–Trinajstić information content (AvgIpc) is 2.85. The molecule has 8 heteroatoms. The second-order valence-electron chi connectivity index (χ2n) is 4.75. The normalized spacial score (nSPS) is 12.3. The molecular weight excluding hydrogens is 296 g/mol. The first kappa shape index (κ1) is 15.3. The molecule has 110 valence electrons. The van der Waals surface area contributed by atoms with Crippen LogP contribution in [-0.2, 0) is 10.0 Å². The summed E-state index contributed by atoms with van der Waals surface area (Å²) in [5.41, 5.74) is 1.05. The Hall–Kier alpha value is -1.09. The maximum absolute atomic E-state index is 12.2. The molecule has 0 unspecified atom stereocenters. The third-order valence-electron chi connectivity index (χ3n) is 2.74. The quantitative estimate of drug-likeness (QED) is 0.754. The van der Waals surface area contributed by atoms with Crippen molar-refractivity contribution in [1.29, 1.82) is 0 Å². The third kappa shape index (κ3) is 3.72. The number of sulfonamides is 1. The van der Waals surface area contributed by atoms with Crippen LogP contribution in [0.3, 0.4) is 0 Å². The molecule has 0 aliphatic rings. The maximum Gasteiger partial charge on any atom is 0.242 e. The first-order valence-corrected chi connectivity index (χ1v) is 8.66. The van der Waals surface area contributed by atoms with E-state index in [4.69, 9.17) is 0 Å². The van der Waals surface area contributed by atoms with Crippen molar-refractivity contribution in [2.24, 2.45) is 0 Å². The van der Waals surface area contributed by atoms with Crippen LogP contribution in [0.2, 0.25) is 0 Å². The van der Waals surface area contributed by atoms with Crippen molar-refractivity contribution >= 4 is 32.8 Å². The smallest absolute Gasteiger partial charge is 0.242 e. The Morgan fingerprint density at radius 3 is 2.80 bits per heavy atom. The standard InChI is InChI=1S/C12H18N4O2S2/c1-9(2)13-7-4-8-14-20(17,18)11-6-3-5-10-12(11)16-19-15-10/h3,5-6,9,13-14H,4,7-8H2,1-2H3. The third-order valence-corrected chi connectivity index (χ3v) is 4.77. The Morgan fingerprint density at radius 2 is 2.05 bits per heavy atom. The average molecular weight is 314 g/mol. The predicted molar refractivity (Wildman–Crippen MR) is 80.4 cm³/mol. The molecule has 6 nitrogen and oxygen atoms in total. The fraction of sp³-hybridized carbons (Fsp3) is 0.500. The van der Waals surface area contributed by atoms with Crippen molar-refractivity contribution in [1.82, 2.24) is 18.8 Å². The lowest BCUT2D eigenvalue weighted by molar-refractivity contribution is 0.555. The van der Waals surface area contributed by atoms with E-state index < -0.39 is 10.0 Å². The van der Waals surface area contributed by atoms with Gasteiger partial charge in [0.2, 0.25) is 10.0 Å². The minimum Gasteiger partial charge on any atom is -0.314 e. The van der Waals surface area contributed by atoms with E-state index in [0.717, 1.165) is 24.7 Å². The summed E-state index contributed by atoms with van der Waals surface area (Å²) in [6.07, 6.45) is 0.739. The van der Waals surface area contributed by atoms with E-state index in [9.17, 15) is 8.42 Å². The van der Waals surface area contributed by atoms with Crippen LogP contribution in [0.4, 0.5) is 0 Å². The van der Waals surface area contributed by atoms with Gasteiger partial charge in [-0.15, -0.1) is 0 Å². The number of hydrogen-bond acceptors (Lipinski definition) is 6. The zero-order valence-corrected chi connectivity index (χ0v) is 13.1. The Labute approximate surface area is 123 Å². The zero-order chi connectivity index (χ0) is 14.6. The van der Waals surface area contributed by atoms with Crippen molar-refractivity contribution < 1.29 is 8.42 Å². The van der Waals surface area contributed by atoms with Gasteiger partial charge >= 0.3 is 0 Å². The van der Waals surface area contributed by atoms with Crippen molar-refractivity contribution in [3.63, 3.8) is 0 Å². The van der Waals surface area contributed by atoms with Gasteiger partial charge in [-0.25, -0.2) is 13.1 Å². The number of hydrogen-bond donors (Lipinski definition) is 2. The highest BCUT2D eigenvalue weighted by atomic mass is 32.2. The van der Waals surface area contributed by atoms with E-state index in [0.29, 0.717) is 23.6 Å². The predicted octanol–water partition coefficient (Wildman–Crippen LogP) is 1.36. The van der Waals surface area contributed by atoms with Crippen LogP contribution in [-0.4, -0.2) is 36.3 Å². The summed E-state index contributed by atoms with van der Waals surface area (Å²) < 4.78 is 35.2. The second-order valence-corrected chi connectivity index (χ2v) is 7.01. The molecule has 0 aliphatic heterocycles. The van der Waals surface area contributed by atoms with Crippen molar-refractivity contribution in [3.8, 4) is 0 Å². The summed E-state index contributed by atoms with van der Waals surface area (Å²) in [4.78, 5) is 0.195. The summed E-state index contributed by atoms with van der Waals surface area (Å²) in [6.45, 7) is 5.29. The van der Waals surface area contributed by atoms with E-state index in [1.807, 2.05) is 0 Å². The molecular formula is C12H18N4O2S2. The molecule has 0 amide bonds. The number of rotatable bonds is 7. The summed E-state index contributed by atoms with van der Waals surface area (Å²) in [7, 11) is -3.53. The van der Waals surface area contributed by atoms with Crippen molar-refractivity contribution in [2.75, 3.05) is 13.1 Å². The summed E-state index contributed by atoms with van der Waals surface area (Å²) in [5, 5.41) is 3.24. The van der Waals surface area contributed by atoms with Gasteiger partial charge < -0.3 is 5.32 Å². The lowest BCUT2D eigenvalue weighted by Gasteiger charge is -2.09. The van der Waals surface area contributed by atoms with Gasteiger partial charge in [-0.05, 0) is 25.1 Å². The van der Waals surface area contributed by atoms with E-state index in [1.54, 1.807) is 18.2 Å². The lowest BCUT2D eigenvalue weighted by Crippen LogP contribution is -2.29. The van der Waals surface area contributed by atoms with E-state index in [1.165, 1.54) is 0 Å². The summed E-state index contributed by atoms with van der Waals surface area (Å²) in [6, 6.07) is 5.39. The molecule has 0 spiro atoms. The molecule has 1 aromatic heterocycles. The highest BCUT2D eigenvalue weighted by molar-refractivity contribution is 7.89. The Balaban J connectivity index is 2.02. The Kier molecular flexibility index (Phi) is 5.03. The summed E-state index contributed by atoms with van der Waals surface area (Å²) in [5.74, 6) is 0. The SMILES string of the molecule is CC(C)NCCCNS(=O)(=O)c1cccc2nsnc12. The summed E-state index contributed by atoms with van der Waals surface area (Å²) >= 11 is 1.02. The van der Waals surface area contributed by atoms with Crippen LogP contribution < -0.4 is 10.0 Å². The van der Waals surface area contributed by atoms with Crippen LogP contribution >= 0.6 is 11.7 Å². The molecule has 1 heterocycles. The molecule has 1 aromatic carbocycles. The molecule has 0 aliphatic carbocycles. The van der Waals surface area contributed by atoms with Crippen LogP contribution in [0, 0.1) is 0 Å². The highest BCUT2D eigenvalue weighted by Gasteiger charge is 2.18. The van der Waals surface area contributed by atoms with Crippen molar-refractivity contribution in [2.45, 2.75) is 31.2 Å². The number of benzene rings is 1. The number of aromatic nitrogens is 2. The largest absolute Gasteiger partial charge is 0.314 e. The minimum atomic E-state index is -3.53. The molecule has 20 heavy (non-hydrogen) atoms. The van der Waals surface area contributed by atoms with Gasteiger partial charge in [-0.2, -0.15) is 8.75 Å². The van der Waals surface area contributed by atoms with E-state index in [2.05, 4.69) is 32.6 Å². The maximum atomic E-state index is 12.2. The second kappa shape index (κ2) is 6.57. The van der Waals surface area contributed by atoms with Gasteiger partial charge in [-0.1, -0.05) is 19.9 Å². The van der Waals surface area contributed by atoms with Gasteiger partial charge in [-0.3, -0.25) is 0 Å². The van der Waals surface area contributed by atoms with Crippen molar-refractivity contribution in [3.05, 3.63) is 18.2 Å². The van der Waals surface area contributed by atoms with Gasteiger partial charge in [0.15, 0.2) is 0 Å². The van der Waals surface area contributed by atoms with Crippen LogP contribution in [0.15, 0.2) is 23.1 Å². The highest BCUT2D eigenvalue weighted by Crippen LogP contribution is 2.20. The Morgan fingerprint density at radius 1 is 1.25 bits per heavy atom. The fourth-order valence-electron chi connectivity index (χ4n) is 1.76. The van der Waals surface area contributed by atoms with E-state index in [-0.39, 0.29) is 4.90 Å². The minimum absolute atomic E-state index is 0.195. The number of nitrogens with zero attached hydrogens (tertiary/aromatic N) is 2. The first-order valence-electron chi connectivity index (χ1n) is 6.45. The van der Waals surface area contributed by atoms with Gasteiger partial charge in [0.25, 0.3) is 0 Å². The molecule has 2 aromatic rings. The van der Waals surface area contributed by atoms with E-state index >= 15 is 0 Å². The molecule has 2 rings (SSSR count). The first-order chi connectivity index (χ1) is 9.50. The molecule has 0 bridgehead atoms. The van der Waals surface area contributed by atoms with Gasteiger partial charge in [0.1, 0.15) is 15.9 Å². The Bertz CT molecular complexity index is 667.